The van der Waals surface area contributed by atoms with Crippen molar-refractivity contribution in [3.63, 3.8) is 0 Å². The zero-order valence-electron chi connectivity index (χ0n) is 12.0. The summed E-state index contributed by atoms with van der Waals surface area (Å²) in [4.78, 5) is 0. The minimum absolute atomic E-state index is 0.130. The van der Waals surface area contributed by atoms with Gasteiger partial charge in [-0.2, -0.15) is 0 Å². The largest absolute Gasteiger partial charge is 0.420 e. The van der Waals surface area contributed by atoms with Gasteiger partial charge >= 0.3 is 0 Å². The number of allylic oxidation sites excluding steroid dienone is 3. The van der Waals surface area contributed by atoms with E-state index in [9.17, 15) is 0 Å². The molecule has 0 heterocycles. The zero-order valence-corrected chi connectivity index (χ0v) is 13.1. The Bertz CT molecular complexity index is 299. The maximum Gasteiger partial charge on any atom is 0.170 e. The summed E-state index contributed by atoms with van der Waals surface area (Å²) in [6.45, 7) is 16.4. The fraction of sp³-hybridized carbons (Fsp3) is 0.667. The Hall–Kier alpha value is -0.343. The molecule has 2 atom stereocenters. The molecule has 1 nitrogen and oxygen atoms in total. The SMILES string of the molecule is [CH2]CC1(C(C)(C)C)C=CC=CC1CO[SiH](C)C. The van der Waals surface area contributed by atoms with Gasteiger partial charge < -0.3 is 4.43 Å². The van der Waals surface area contributed by atoms with Crippen molar-refractivity contribution in [3.05, 3.63) is 31.2 Å². The Morgan fingerprint density at radius 1 is 1.29 bits per heavy atom. The Balaban J connectivity index is 2.92. The highest BCUT2D eigenvalue weighted by Crippen LogP contribution is 2.50. The molecule has 0 saturated carbocycles. The highest BCUT2D eigenvalue weighted by molar-refractivity contribution is 6.48. The van der Waals surface area contributed by atoms with Gasteiger partial charge in [0.25, 0.3) is 0 Å². The first-order valence-corrected chi connectivity index (χ1v) is 9.38. The van der Waals surface area contributed by atoms with Crippen molar-refractivity contribution in [1.82, 2.24) is 0 Å². The standard InChI is InChI=1S/C15H27OSi/c1-7-15(14(2,3)4)11-9-8-10-13(15)12-16-17(5)6/h8-11,13,17H,1,7,12H2,2-6H3. The van der Waals surface area contributed by atoms with E-state index in [0.29, 0.717) is 5.92 Å². The molecule has 2 heteroatoms. The predicted octanol–water partition coefficient (Wildman–Crippen LogP) is 3.99. The topological polar surface area (TPSA) is 9.23 Å². The van der Waals surface area contributed by atoms with Crippen molar-refractivity contribution in [2.75, 3.05) is 6.61 Å². The van der Waals surface area contributed by atoms with Crippen molar-refractivity contribution >= 4 is 9.04 Å². The van der Waals surface area contributed by atoms with E-state index in [2.05, 4.69) is 65.1 Å². The van der Waals surface area contributed by atoms with Gasteiger partial charge in [0.1, 0.15) is 0 Å². The lowest BCUT2D eigenvalue weighted by Crippen LogP contribution is -2.43. The molecule has 0 amide bonds. The third-order valence-corrected chi connectivity index (χ3v) is 4.79. The molecule has 1 rings (SSSR count). The summed E-state index contributed by atoms with van der Waals surface area (Å²) in [7, 11) is -0.943. The van der Waals surface area contributed by atoms with Crippen LogP contribution in [0.3, 0.4) is 0 Å². The van der Waals surface area contributed by atoms with Gasteiger partial charge in [-0.3, -0.25) is 0 Å². The molecule has 0 saturated heterocycles. The highest BCUT2D eigenvalue weighted by atomic mass is 28.3. The second-order valence-electron chi connectivity index (χ2n) is 6.27. The Morgan fingerprint density at radius 3 is 2.41 bits per heavy atom. The van der Waals surface area contributed by atoms with Crippen LogP contribution >= 0.6 is 0 Å². The minimum Gasteiger partial charge on any atom is -0.420 e. The van der Waals surface area contributed by atoms with Gasteiger partial charge in [0.05, 0.1) is 0 Å². The number of rotatable bonds is 4. The molecule has 0 aromatic rings. The second kappa shape index (κ2) is 5.53. The average molecular weight is 251 g/mol. The lowest BCUT2D eigenvalue weighted by molar-refractivity contribution is 0.0619. The van der Waals surface area contributed by atoms with Gasteiger partial charge in [-0.05, 0) is 24.9 Å². The van der Waals surface area contributed by atoms with Crippen LogP contribution in [0.4, 0.5) is 0 Å². The summed E-state index contributed by atoms with van der Waals surface area (Å²) in [5.41, 5.74) is 0.341. The number of hydrogen-bond acceptors (Lipinski definition) is 1. The van der Waals surface area contributed by atoms with E-state index in [0.717, 1.165) is 13.0 Å². The second-order valence-corrected chi connectivity index (χ2v) is 8.70. The third kappa shape index (κ3) is 3.11. The molecular formula is C15H27OSi. The van der Waals surface area contributed by atoms with Crippen LogP contribution in [0.25, 0.3) is 0 Å². The van der Waals surface area contributed by atoms with Crippen LogP contribution in [0.5, 0.6) is 0 Å². The molecule has 0 bridgehead atoms. The third-order valence-electron chi connectivity index (χ3n) is 3.93. The van der Waals surface area contributed by atoms with Gasteiger partial charge in [-0.1, -0.05) is 52.0 Å². The fourth-order valence-corrected chi connectivity index (χ4v) is 3.26. The first-order valence-electron chi connectivity index (χ1n) is 6.60. The minimum atomic E-state index is -0.943. The van der Waals surface area contributed by atoms with E-state index in [1.807, 2.05) is 0 Å². The van der Waals surface area contributed by atoms with E-state index in [1.165, 1.54) is 0 Å². The maximum atomic E-state index is 5.96. The van der Waals surface area contributed by atoms with Gasteiger partial charge in [0, 0.05) is 17.9 Å². The van der Waals surface area contributed by atoms with E-state index < -0.39 is 9.04 Å². The summed E-state index contributed by atoms with van der Waals surface area (Å²) in [5.74, 6) is 0.458. The van der Waals surface area contributed by atoms with Crippen molar-refractivity contribution in [2.24, 2.45) is 16.7 Å². The summed E-state index contributed by atoms with van der Waals surface area (Å²) in [6, 6.07) is 0. The van der Waals surface area contributed by atoms with Gasteiger partial charge in [-0.15, -0.1) is 0 Å². The van der Waals surface area contributed by atoms with Crippen LogP contribution < -0.4 is 0 Å². The highest BCUT2D eigenvalue weighted by Gasteiger charge is 2.44. The van der Waals surface area contributed by atoms with Gasteiger partial charge in [0.2, 0.25) is 0 Å². The Labute approximate surface area is 109 Å². The maximum absolute atomic E-state index is 5.96. The van der Waals surface area contributed by atoms with Gasteiger partial charge in [0.15, 0.2) is 9.04 Å². The molecule has 0 N–H and O–H groups in total. The fourth-order valence-electron chi connectivity index (χ4n) is 2.67. The van der Waals surface area contributed by atoms with Crippen LogP contribution in [0.1, 0.15) is 27.2 Å². The zero-order chi connectivity index (χ0) is 13.1. The Kier molecular flexibility index (Phi) is 4.79. The molecule has 1 aliphatic carbocycles. The molecule has 0 spiro atoms. The first kappa shape index (κ1) is 14.7. The summed E-state index contributed by atoms with van der Waals surface area (Å²) in [6.07, 6.45) is 9.88. The number of hydrogen-bond donors (Lipinski definition) is 0. The molecule has 97 valence electrons. The van der Waals surface area contributed by atoms with E-state index in [4.69, 9.17) is 4.43 Å². The quantitative estimate of drug-likeness (QED) is 0.687. The van der Waals surface area contributed by atoms with Crippen LogP contribution in [0.2, 0.25) is 13.1 Å². The predicted molar refractivity (Wildman–Crippen MR) is 78.5 cm³/mol. The smallest absolute Gasteiger partial charge is 0.170 e. The molecule has 17 heavy (non-hydrogen) atoms. The summed E-state index contributed by atoms with van der Waals surface area (Å²) < 4.78 is 5.96. The average Bonchev–Trinajstić information content (AvgIpc) is 2.25. The van der Waals surface area contributed by atoms with Gasteiger partial charge in [-0.25, -0.2) is 0 Å². The lowest BCUT2D eigenvalue weighted by Gasteiger charge is -2.48. The van der Waals surface area contributed by atoms with Crippen molar-refractivity contribution in [1.29, 1.82) is 0 Å². The van der Waals surface area contributed by atoms with Crippen LogP contribution in [-0.2, 0) is 4.43 Å². The molecule has 1 radical (unpaired) electrons. The molecule has 1 aliphatic rings. The normalized spacial score (nSPS) is 29.0. The van der Waals surface area contributed by atoms with Crippen LogP contribution in [-0.4, -0.2) is 15.6 Å². The molecule has 2 unspecified atom stereocenters. The lowest BCUT2D eigenvalue weighted by atomic mass is 9.57. The van der Waals surface area contributed by atoms with E-state index in [1.54, 1.807) is 0 Å². The molecule has 0 aliphatic heterocycles. The summed E-state index contributed by atoms with van der Waals surface area (Å²) in [5, 5.41) is 0. The van der Waals surface area contributed by atoms with Crippen LogP contribution in [0.15, 0.2) is 24.3 Å². The van der Waals surface area contributed by atoms with E-state index >= 15 is 0 Å². The van der Waals surface area contributed by atoms with Crippen molar-refractivity contribution in [3.8, 4) is 0 Å². The molecule has 0 aromatic carbocycles. The summed E-state index contributed by atoms with van der Waals surface area (Å²) >= 11 is 0. The van der Waals surface area contributed by atoms with Crippen LogP contribution in [0, 0.1) is 23.7 Å². The van der Waals surface area contributed by atoms with Crippen molar-refractivity contribution in [2.45, 2.75) is 40.3 Å². The molecular weight excluding hydrogens is 224 g/mol. The monoisotopic (exact) mass is 251 g/mol. The molecule has 0 aromatic heterocycles. The first-order chi connectivity index (χ1) is 7.83. The van der Waals surface area contributed by atoms with Crippen molar-refractivity contribution < 1.29 is 4.43 Å². The van der Waals surface area contributed by atoms with E-state index in [-0.39, 0.29) is 10.8 Å². The Morgan fingerprint density at radius 2 is 1.94 bits per heavy atom. The molecule has 0 fully saturated rings.